The highest BCUT2D eigenvalue weighted by Gasteiger charge is 2.13. The summed E-state index contributed by atoms with van der Waals surface area (Å²) in [6.07, 6.45) is 0. The van der Waals surface area contributed by atoms with E-state index in [-0.39, 0.29) is 5.84 Å². The summed E-state index contributed by atoms with van der Waals surface area (Å²) in [5.74, 6) is 0.0930. The van der Waals surface area contributed by atoms with Crippen LogP contribution in [0.4, 0.5) is 5.69 Å². The van der Waals surface area contributed by atoms with Gasteiger partial charge < -0.3 is 25.3 Å². The molecule has 3 N–H and O–H groups in total. The number of methoxy groups -OCH3 is 2. The lowest BCUT2D eigenvalue weighted by atomic mass is 10.1. The maximum absolute atomic E-state index is 8.84. The van der Waals surface area contributed by atoms with Gasteiger partial charge in [0.05, 0.1) is 13.2 Å². The van der Waals surface area contributed by atoms with Crippen molar-refractivity contribution in [3.05, 3.63) is 29.8 Å². The van der Waals surface area contributed by atoms with Gasteiger partial charge in [0.1, 0.15) is 0 Å². The standard InChI is InChI=1S/C13H21N3O3/c1-18-9-7-16(8-10-19-2)12-6-4-3-5-11(12)13(14)15-17/h3-6,17H,7-10H2,1-2H3,(H2,14,15). The second kappa shape index (κ2) is 8.34. The van der Waals surface area contributed by atoms with Crippen molar-refractivity contribution in [3.8, 4) is 0 Å². The molecule has 0 bridgehead atoms. The van der Waals surface area contributed by atoms with E-state index in [1.165, 1.54) is 0 Å². The first-order valence-electron chi connectivity index (χ1n) is 6.04. The third-order valence-corrected chi connectivity index (χ3v) is 2.76. The molecule has 0 fully saturated rings. The number of benzene rings is 1. The van der Waals surface area contributed by atoms with E-state index in [0.717, 1.165) is 5.69 Å². The molecule has 0 unspecified atom stereocenters. The number of ether oxygens (including phenoxy) is 2. The van der Waals surface area contributed by atoms with E-state index < -0.39 is 0 Å². The fourth-order valence-corrected chi connectivity index (χ4v) is 1.78. The highest BCUT2D eigenvalue weighted by molar-refractivity contribution is 6.02. The van der Waals surface area contributed by atoms with Crippen molar-refractivity contribution < 1.29 is 14.7 Å². The minimum atomic E-state index is 0.0930. The summed E-state index contributed by atoms with van der Waals surface area (Å²) in [5, 5.41) is 11.9. The Bertz CT molecular complexity index is 402. The Kier molecular flexibility index (Phi) is 6.70. The maximum Gasteiger partial charge on any atom is 0.172 e. The predicted molar refractivity (Wildman–Crippen MR) is 74.9 cm³/mol. The Morgan fingerprint density at radius 1 is 1.21 bits per heavy atom. The molecule has 0 spiro atoms. The summed E-state index contributed by atoms with van der Waals surface area (Å²) in [6, 6.07) is 7.51. The zero-order valence-corrected chi connectivity index (χ0v) is 11.4. The van der Waals surface area contributed by atoms with Crippen LogP contribution in [0.1, 0.15) is 5.56 Å². The summed E-state index contributed by atoms with van der Waals surface area (Å²) < 4.78 is 10.2. The van der Waals surface area contributed by atoms with Gasteiger partial charge in [-0.15, -0.1) is 0 Å². The van der Waals surface area contributed by atoms with Crippen LogP contribution in [0.25, 0.3) is 0 Å². The van der Waals surface area contributed by atoms with Gasteiger partial charge >= 0.3 is 0 Å². The molecule has 1 aromatic rings. The third-order valence-electron chi connectivity index (χ3n) is 2.76. The zero-order valence-electron chi connectivity index (χ0n) is 11.4. The number of hydrogen-bond acceptors (Lipinski definition) is 5. The van der Waals surface area contributed by atoms with Crippen molar-refractivity contribution in [1.29, 1.82) is 0 Å². The van der Waals surface area contributed by atoms with E-state index in [4.69, 9.17) is 20.4 Å². The fourth-order valence-electron chi connectivity index (χ4n) is 1.78. The van der Waals surface area contributed by atoms with E-state index in [0.29, 0.717) is 31.9 Å². The molecule has 0 atom stereocenters. The Balaban J connectivity index is 2.99. The lowest BCUT2D eigenvalue weighted by molar-refractivity contribution is 0.190. The second-order valence-electron chi connectivity index (χ2n) is 3.98. The van der Waals surface area contributed by atoms with Gasteiger partial charge in [-0.3, -0.25) is 0 Å². The molecule has 0 heterocycles. The van der Waals surface area contributed by atoms with E-state index in [1.54, 1.807) is 14.2 Å². The average Bonchev–Trinajstić information content (AvgIpc) is 2.47. The van der Waals surface area contributed by atoms with Gasteiger partial charge in [0, 0.05) is 38.6 Å². The molecule has 0 saturated carbocycles. The van der Waals surface area contributed by atoms with Crippen LogP contribution >= 0.6 is 0 Å². The maximum atomic E-state index is 8.84. The largest absolute Gasteiger partial charge is 0.409 e. The summed E-state index contributed by atoms with van der Waals surface area (Å²) in [7, 11) is 3.31. The summed E-state index contributed by atoms with van der Waals surface area (Å²) in [5.41, 5.74) is 7.29. The molecule has 19 heavy (non-hydrogen) atoms. The van der Waals surface area contributed by atoms with Gasteiger partial charge in [0.2, 0.25) is 0 Å². The molecule has 0 aliphatic heterocycles. The molecule has 6 heteroatoms. The zero-order chi connectivity index (χ0) is 14.1. The summed E-state index contributed by atoms with van der Waals surface area (Å²) in [4.78, 5) is 2.08. The molecule has 1 rings (SSSR count). The molecule has 0 aromatic heterocycles. The number of hydrogen-bond donors (Lipinski definition) is 2. The van der Waals surface area contributed by atoms with Gasteiger partial charge in [-0.1, -0.05) is 17.3 Å². The van der Waals surface area contributed by atoms with E-state index >= 15 is 0 Å². The lowest BCUT2D eigenvalue weighted by Crippen LogP contribution is -2.32. The second-order valence-corrected chi connectivity index (χ2v) is 3.98. The Morgan fingerprint density at radius 2 is 1.79 bits per heavy atom. The number of nitrogens with two attached hydrogens (primary N) is 1. The topological polar surface area (TPSA) is 80.3 Å². The van der Waals surface area contributed by atoms with Gasteiger partial charge in [-0.05, 0) is 12.1 Å². The lowest BCUT2D eigenvalue weighted by Gasteiger charge is -2.26. The first-order valence-corrected chi connectivity index (χ1v) is 6.04. The molecule has 6 nitrogen and oxygen atoms in total. The van der Waals surface area contributed by atoms with E-state index in [9.17, 15) is 0 Å². The number of oxime groups is 1. The van der Waals surface area contributed by atoms with E-state index in [1.807, 2.05) is 24.3 Å². The number of amidine groups is 1. The van der Waals surface area contributed by atoms with Crippen LogP contribution in [0.3, 0.4) is 0 Å². The molecular formula is C13H21N3O3. The highest BCUT2D eigenvalue weighted by atomic mass is 16.5. The van der Waals surface area contributed by atoms with Crippen molar-refractivity contribution in [2.24, 2.45) is 10.9 Å². The van der Waals surface area contributed by atoms with Crippen molar-refractivity contribution in [2.45, 2.75) is 0 Å². The molecule has 106 valence electrons. The SMILES string of the molecule is COCCN(CCOC)c1ccccc1/C(N)=N/O. The van der Waals surface area contributed by atoms with Crippen molar-refractivity contribution in [1.82, 2.24) is 0 Å². The van der Waals surface area contributed by atoms with Gasteiger partial charge in [0.15, 0.2) is 5.84 Å². The molecule has 0 amide bonds. The fraction of sp³-hybridized carbons (Fsp3) is 0.462. The minimum Gasteiger partial charge on any atom is -0.409 e. The quantitative estimate of drug-likeness (QED) is 0.316. The number of para-hydroxylation sites is 1. The predicted octanol–water partition coefficient (Wildman–Crippen LogP) is 0.880. The molecular weight excluding hydrogens is 246 g/mol. The van der Waals surface area contributed by atoms with Crippen molar-refractivity contribution >= 4 is 11.5 Å². The van der Waals surface area contributed by atoms with Crippen LogP contribution < -0.4 is 10.6 Å². The van der Waals surface area contributed by atoms with Crippen molar-refractivity contribution in [3.63, 3.8) is 0 Å². The molecule has 0 radical (unpaired) electrons. The smallest absolute Gasteiger partial charge is 0.172 e. The van der Waals surface area contributed by atoms with Crippen LogP contribution in [0.15, 0.2) is 29.4 Å². The first kappa shape index (κ1) is 15.3. The van der Waals surface area contributed by atoms with Gasteiger partial charge in [-0.25, -0.2) is 0 Å². The Labute approximate surface area is 113 Å². The molecule has 0 aliphatic rings. The molecule has 0 saturated heterocycles. The third kappa shape index (κ3) is 4.42. The highest BCUT2D eigenvalue weighted by Crippen LogP contribution is 2.20. The Morgan fingerprint density at radius 3 is 2.32 bits per heavy atom. The summed E-state index contributed by atoms with van der Waals surface area (Å²) in [6.45, 7) is 2.59. The first-order chi connectivity index (χ1) is 9.24. The molecule has 0 aliphatic carbocycles. The van der Waals surface area contributed by atoms with Crippen LogP contribution in [0.2, 0.25) is 0 Å². The van der Waals surface area contributed by atoms with Gasteiger partial charge in [-0.2, -0.15) is 0 Å². The van der Waals surface area contributed by atoms with Crippen molar-refractivity contribution in [2.75, 3.05) is 45.4 Å². The van der Waals surface area contributed by atoms with Crippen LogP contribution in [-0.2, 0) is 9.47 Å². The molecule has 1 aromatic carbocycles. The summed E-state index contributed by atoms with van der Waals surface area (Å²) >= 11 is 0. The number of rotatable bonds is 8. The minimum absolute atomic E-state index is 0.0930. The monoisotopic (exact) mass is 267 g/mol. The van der Waals surface area contributed by atoms with Crippen LogP contribution in [0.5, 0.6) is 0 Å². The average molecular weight is 267 g/mol. The van der Waals surface area contributed by atoms with Gasteiger partial charge in [0.25, 0.3) is 0 Å². The normalized spacial score (nSPS) is 11.6. The Hall–Kier alpha value is -1.79. The number of nitrogens with zero attached hydrogens (tertiary/aromatic N) is 2. The van der Waals surface area contributed by atoms with E-state index in [2.05, 4.69) is 10.1 Å². The van der Waals surface area contributed by atoms with Crippen LogP contribution in [-0.4, -0.2) is 51.6 Å². The number of anilines is 1. The van der Waals surface area contributed by atoms with Crippen LogP contribution in [0, 0.1) is 0 Å².